The van der Waals surface area contributed by atoms with Crippen LogP contribution in [0.25, 0.3) is 5.69 Å². The van der Waals surface area contributed by atoms with E-state index in [1.807, 2.05) is 18.2 Å². The molecule has 1 aromatic heterocycles. The van der Waals surface area contributed by atoms with E-state index in [0.29, 0.717) is 16.8 Å². The third-order valence-corrected chi connectivity index (χ3v) is 3.59. The highest BCUT2D eigenvalue weighted by atomic mass is 16.6. The number of anilines is 1. The molecule has 2 aromatic carbocycles. The number of para-hydroxylation sites is 2. The molecule has 0 radical (unpaired) electrons. The number of nitro groups is 1. The molecule has 3 rings (SSSR count). The Bertz CT molecular complexity index is 904. The van der Waals surface area contributed by atoms with Gasteiger partial charge in [-0.3, -0.25) is 14.9 Å². The summed E-state index contributed by atoms with van der Waals surface area (Å²) < 4.78 is 1.79. The minimum atomic E-state index is -0.467. The predicted molar refractivity (Wildman–Crippen MR) is 89.4 cm³/mol. The van der Waals surface area contributed by atoms with Crippen LogP contribution in [-0.4, -0.2) is 20.4 Å². The Balaban J connectivity index is 1.89. The van der Waals surface area contributed by atoms with E-state index in [9.17, 15) is 14.9 Å². The maximum atomic E-state index is 12.5. The first-order chi connectivity index (χ1) is 11.6. The molecule has 1 N–H and O–H groups in total. The van der Waals surface area contributed by atoms with E-state index in [2.05, 4.69) is 10.3 Å². The number of benzene rings is 2. The number of nitrogens with zero attached hydrogens (tertiary/aromatic N) is 3. The van der Waals surface area contributed by atoms with Gasteiger partial charge in [-0.25, -0.2) is 4.98 Å². The van der Waals surface area contributed by atoms with Crippen molar-refractivity contribution in [2.45, 2.75) is 6.92 Å². The molecule has 0 saturated heterocycles. The third-order valence-electron chi connectivity index (χ3n) is 3.59. The Labute approximate surface area is 137 Å². The third kappa shape index (κ3) is 3.00. The van der Waals surface area contributed by atoms with Crippen LogP contribution in [0.15, 0.2) is 61.2 Å². The molecule has 120 valence electrons. The largest absolute Gasteiger partial charge is 0.320 e. The molecule has 0 saturated carbocycles. The Morgan fingerprint density at radius 1 is 1.25 bits per heavy atom. The van der Waals surface area contributed by atoms with E-state index < -0.39 is 4.92 Å². The topological polar surface area (TPSA) is 90.1 Å². The zero-order chi connectivity index (χ0) is 17.1. The average molecular weight is 322 g/mol. The van der Waals surface area contributed by atoms with Gasteiger partial charge in [-0.1, -0.05) is 12.1 Å². The summed E-state index contributed by atoms with van der Waals surface area (Å²) in [5.41, 5.74) is 2.19. The van der Waals surface area contributed by atoms with Crippen LogP contribution in [0.1, 0.15) is 15.9 Å². The number of imidazole rings is 1. The predicted octanol–water partition coefficient (Wildman–Crippen LogP) is 3.34. The average Bonchev–Trinajstić information content (AvgIpc) is 3.09. The minimum Gasteiger partial charge on any atom is -0.320 e. The van der Waals surface area contributed by atoms with Crippen molar-refractivity contribution >= 4 is 17.3 Å². The lowest BCUT2D eigenvalue weighted by Crippen LogP contribution is -2.14. The lowest BCUT2D eigenvalue weighted by Gasteiger charge is -2.11. The second kappa shape index (κ2) is 6.33. The van der Waals surface area contributed by atoms with E-state index in [-0.39, 0.29) is 11.6 Å². The molecule has 0 fully saturated rings. The van der Waals surface area contributed by atoms with Gasteiger partial charge in [-0.2, -0.15) is 0 Å². The van der Waals surface area contributed by atoms with E-state index in [0.717, 1.165) is 5.69 Å². The summed E-state index contributed by atoms with van der Waals surface area (Å²) in [6, 6.07) is 11.6. The van der Waals surface area contributed by atoms with Gasteiger partial charge in [0.2, 0.25) is 0 Å². The Morgan fingerprint density at radius 2 is 2.04 bits per heavy atom. The molecule has 7 nitrogen and oxygen atoms in total. The van der Waals surface area contributed by atoms with Crippen LogP contribution < -0.4 is 5.32 Å². The summed E-state index contributed by atoms with van der Waals surface area (Å²) in [6.07, 6.45) is 5.07. The second-order valence-corrected chi connectivity index (χ2v) is 5.20. The summed E-state index contributed by atoms with van der Waals surface area (Å²) in [4.78, 5) is 26.9. The number of nitro benzene ring substituents is 1. The molecule has 7 heteroatoms. The fraction of sp³-hybridized carbons (Fsp3) is 0.0588. The summed E-state index contributed by atoms with van der Waals surface area (Å²) in [5, 5.41) is 13.7. The monoisotopic (exact) mass is 322 g/mol. The zero-order valence-electron chi connectivity index (χ0n) is 12.8. The lowest BCUT2D eigenvalue weighted by molar-refractivity contribution is -0.385. The molecule has 24 heavy (non-hydrogen) atoms. The van der Waals surface area contributed by atoms with Crippen LogP contribution in [0.4, 0.5) is 11.4 Å². The molecule has 0 aliphatic heterocycles. The van der Waals surface area contributed by atoms with Crippen LogP contribution in [-0.2, 0) is 0 Å². The number of nitrogens with one attached hydrogen (secondary N) is 1. The number of rotatable bonds is 4. The van der Waals surface area contributed by atoms with Crippen molar-refractivity contribution in [3.05, 3.63) is 82.4 Å². The van der Waals surface area contributed by atoms with Gasteiger partial charge in [0.25, 0.3) is 11.6 Å². The molecule has 0 unspecified atom stereocenters. The van der Waals surface area contributed by atoms with Gasteiger partial charge >= 0.3 is 0 Å². The molecular weight excluding hydrogens is 308 g/mol. The normalized spacial score (nSPS) is 10.4. The molecule has 1 amide bonds. The summed E-state index contributed by atoms with van der Waals surface area (Å²) in [7, 11) is 0. The molecule has 1 heterocycles. The van der Waals surface area contributed by atoms with Crippen molar-refractivity contribution in [2.24, 2.45) is 0 Å². The highest BCUT2D eigenvalue weighted by Gasteiger charge is 2.15. The van der Waals surface area contributed by atoms with Crippen molar-refractivity contribution in [2.75, 3.05) is 5.32 Å². The number of carbonyl (C=O) groups is 1. The molecule has 0 aliphatic rings. The molecule has 3 aromatic rings. The maximum absolute atomic E-state index is 12.5. The quantitative estimate of drug-likeness (QED) is 0.589. The van der Waals surface area contributed by atoms with Crippen molar-refractivity contribution in [1.29, 1.82) is 0 Å². The number of aromatic nitrogens is 2. The molecule has 0 bridgehead atoms. The summed E-state index contributed by atoms with van der Waals surface area (Å²) in [6.45, 7) is 1.61. The summed E-state index contributed by atoms with van der Waals surface area (Å²) in [5.74, 6) is -0.333. The van der Waals surface area contributed by atoms with Crippen LogP contribution in [0, 0.1) is 17.0 Å². The van der Waals surface area contributed by atoms with Gasteiger partial charge in [-0.15, -0.1) is 0 Å². The van der Waals surface area contributed by atoms with Crippen molar-refractivity contribution < 1.29 is 9.72 Å². The Morgan fingerprint density at radius 3 is 2.71 bits per heavy atom. The van der Waals surface area contributed by atoms with Crippen LogP contribution in [0.2, 0.25) is 0 Å². The van der Waals surface area contributed by atoms with E-state index in [1.165, 1.54) is 18.2 Å². The van der Waals surface area contributed by atoms with Crippen molar-refractivity contribution in [1.82, 2.24) is 9.55 Å². The maximum Gasteiger partial charge on any atom is 0.272 e. The van der Waals surface area contributed by atoms with Crippen molar-refractivity contribution in [3.63, 3.8) is 0 Å². The van der Waals surface area contributed by atoms with E-state index in [1.54, 1.807) is 36.3 Å². The number of carbonyl (C=O) groups excluding carboxylic acids is 1. The fourth-order valence-electron chi connectivity index (χ4n) is 2.40. The van der Waals surface area contributed by atoms with Gasteiger partial charge in [0, 0.05) is 29.6 Å². The van der Waals surface area contributed by atoms with Gasteiger partial charge in [0.15, 0.2) is 0 Å². The van der Waals surface area contributed by atoms with Gasteiger partial charge < -0.3 is 9.88 Å². The Kier molecular flexibility index (Phi) is 4.07. The number of hydrogen-bond donors (Lipinski definition) is 1. The number of aryl methyl sites for hydroxylation is 1. The van der Waals surface area contributed by atoms with Crippen molar-refractivity contribution in [3.8, 4) is 5.69 Å². The smallest absolute Gasteiger partial charge is 0.272 e. The molecule has 0 aliphatic carbocycles. The minimum absolute atomic E-state index is 0.00892. The fourth-order valence-corrected chi connectivity index (χ4v) is 2.40. The SMILES string of the molecule is Cc1cc(C(=O)Nc2ccccc2-n2ccnc2)ccc1[N+](=O)[O-]. The number of hydrogen-bond acceptors (Lipinski definition) is 4. The Hall–Kier alpha value is -3.48. The van der Waals surface area contributed by atoms with Crippen LogP contribution >= 0.6 is 0 Å². The highest BCUT2D eigenvalue weighted by molar-refractivity contribution is 6.05. The van der Waals surface area contributed by atoms with Gasteiger partial charge in [0.05, 0.1) is 22.6 Å². The van der Waals surface area contributed by atoms with E-state index >= 15 is 0 Å². The first kappa shape index (κ1) is 15.4. The standard InChI is InChI=1S/C17H14N4O3/c1-12-10-13(6-7-15(12)21(23)24)17(22)19-14-4-2-3-5-16(14)20-9-8-18-11-20/h2-11H,1H3,(H,19,22). The second-order valence-electron chi connectivity index (χ2n) is 5.20. The van der Waals surface area contributed by atoms with Crippen LogP contribution in [0.5, 0.6) is 0 Å². The molecule has 0 atom stereocenters. The number of amides is 1. The van der Waals surface area contributed by atoms with Gasteiger partial charge in [-0.05, 0) is 31.2 Å². The first-order valence-electron chi connectivity index (χ1n) is 7.20. The van der Waals surface area contributed by atoms with E-state index in [4.69, 9.17) is 0 Å². The lowest BCUT2D eigenvalue weighted by atomic mass is 10.1. The highest BCUT2D eigenvalue weighted by Crippen LogP contribution is 2.22. The first-order valence-corrected chi connectivity index (χ1v) is 7.20. The zero-order valence-corrected chi connectivity index (χ0v) is 12.8. The molecule has 0 spiro atoms. The van der Waals surface area contributed by atoms with Gasteiger partial charge in [0.1, 0.15) is 0 Å². The van der Waals surface area contributed by atoms with Crippen LogP contribution in [0.3, 0.4) is 0 Å². The summed E-state index contributed by atoms with van der Waals surface area (Å²) >= 11 is 0. The molecular formula is C17H14N4O3.